The van der Waals surface area contributed by atoms with Crippen molar-refractivity contribution in [1.29, 1.82) is 0 Å². The lowest BCUT2D eigenvalue weighted by atomic mass is 9.91. The summed E-state index contributed by atoms with van der Waals surface area (Å²) >= 11 is 1.50. The summed E-state index contributed by atoms with van der Waals surface area (Å²) in [6.45, 7) is 2.30. The van der Waals surface area contributed by atoms with E-state index in [9.17, 15) is 4.79 Å². The van der Waals surface area contributed by atoms with Crippen LogP contribution in [0.25, 0.3) is 21.7 Å². The number of hydrogen-bond acceptors (Lipinski definition) is 4. The van der Waals surface area contributed by atoms with Crippen LogP contribution in [0.15, 0.2) is 34.6 Å². The van der Waals surface area contributed by atoms with Crippen molar-refractivity contribution in [2.75, 3.05) is 13.1 Å². The Bertz CT molecular complexity index is 849. The summed E-state index contributed by atoms with van der Waals surface area (Å²) in [7, 11) is 0. The van der Waals surface area contributed by atoms with E-state index >= 15 is 0 Å². The normalized spacial score (nSPS) is 16.2. The van der Waals surface area contributed by atoms with Crippen molar-refractivity contribution >= 4 is 21.6 Å². The minimum atomic E-state index is -0.0655. The summed E-state index contributed by atoms with van der Waals surface area (Å²) in [6, 6.07) is 5.62. The number of pyridine rings is 1. The first kappa shape index (κ1) is 13.6. The molecule has 1 aliphatic heterocycles. The molecule has 3 N–H and O–H groups in total. The molecule has 0 unspecified atom stereocenters. The third kappa shape index (κ3) is 2.34. The number of aromatic amines is 1. The molecule has 0 radical (unpaired) electrons. The molecule has 5 nitrogen and oxygen atoms in total. The van der Waals surface area contributed by atoms with Crippen LogP contribution in [0, 0.1) is 0 Å². The molecule has 0 aliphatic carbocycles. The zero-order valence-corrected chi connectivity index (χ0v) is 12.9. The van der Waals surface area contributed by atoms with E-state index in [0.717, 1.165) is 36.1 Å². The SMILES string of the molecule is O=c1[nH]c(-c2ccccn2)nc2c(C3CC[NH2+]CC3)csc12. The predicted octanol–water partition coefficient (Wildman–Crippen LogP) is 1.49. The van der Waals surface area contributed by atoms with E-state index in [4.69, 9.17) is 4.98 Å². The molecule has 4 rings (SSSR count). The van der Waals surface area contributed by atoms with Crippen molar-refractivity contribution in [1.82, 2.24) is 15.0 Å². The van der Waals surface area contributed by atoms with Crippen molar-refractivity contribution in [3.8, 4) is 11.5 Å². The highest BCUT2D eigenvalue weighted by Gasteiger charge is 2.22. The quantitative estimate of drug-likeness (QED) is 0.752. The van der Waals surface area contributed by atoms with Crippen LogP contribution in [0.1, 0.15) is 24.3 Å². The Morgan fingerprint density at radius 1 is 1.27 bits per heavy atom. The van der Waals surface area contributed by atoms with Crippen LogP contribution in [-0.2, 0) is 0 Å². The van der Waals surface area contributed by atoms with Crippen molar-refractivity contribution in [3.05, 3.63) is 45.7 Å². The molecule has 0 spiro atoms. The van der Waals surface area contributed by atoms with Crippen LogP contribution >= 0.6 is 11.3 Å². The number of thiophene rings is 1. The lowest BCUT2D eigenvalue weighted by Crippen LogP contribution is -2.86. The van der Waals surface area contributed by atoms with Gasteiger partial charge < -0.3 is 10.3 Å². The van der Waals surface area contributed by atoms with Crippen LogP contribution in [0.5, 0.6) is 0 Å². The van der Waals surface area contributed by atoms with Gasteiger partial charge in [-0.05, 0) is 29.0 Å². The number of aromatic nitrogens is 3. The molecule has 0 amide bonds. The summed E-state index contributed by atoms with van der Waals surface area (Å²) in [5.41, 5.74) is 2.73. The Labute approximate surface area is 131 Å². The highest BCUT2D eigenvalue weighted by atomic mass is 32.1. The zero-order chi connectivity index (χ0) is 14.9. The van der Waals surface area contributed by atoms with Crippen molar-refractivity contribution < 1.29 is 5.32 Å². The number of nitrogens with two attached hydrogens (primary N) is 1. The molecule has 1 fully saturated rings. The smallest absolute Gasteiger partial charge is 0.269 e. The molecule has 22 heavy (non-hydrogen) atoms. The number of H-pyrrole nitrogens is 1. The molecule has 0 atom stereocenters. The Morgan fingerprint density at radius 3 is 2.91 bits per heavy atom. The maximum absolute atomic E-state index is 12.3. The van der Waals surface area contributed by atoms with Gasteiger partial charge in [0.25, 0.3) is 5.56 Å². The first-order valence-corrected chi connectivity index (χ1v) is 8.45. The fourth-order valence-corrected chi connectivity index (χ4v) is 4.08. The maximum atomic E-state index is 12.3. The van der Waals surface area contributed by atoms with E-state index < -0.39 is 0 Å². The average molecular weight is 313 g/mol. The van der Waals surface area contributed by atoms with Gasteiger partial charge in [-0.25, -0.2) is 4.98 Å². The van der Waals surface area contributed by atoms with Crippen molar-refractivity contribution in [2.24, 2.45) is 0 Å². The molecule has 112 valence electrons. The first-order valence-electron chi connectivity index (χ1n) is 7.57. The van der Waals surface area contributed by atoms with Crippen molar-refractivity contribution in [2.45, 2.75) is 18.8 Å². The molecule has 3 aromatic rings. The molecule has 0 saturated carbocycles. The second-order valence-corrected chi connectivity index (χ2v) is 6.52. The average Bonchev–Trinajstić information content (AvgIpc) is 3.01. The van der Waals surface area contributed by atoms with Gasteiger partial charge in [0.2, 0.25) is 0 Å². The highest BCUT2D eigenvalue weighted by molar-refractivity contribution is 7.17. The minimum Gasteiger partial charge on any atom is -0.346 e. The molecule has 0 bridgehead atoms. The second kappa shape index (κ2) is 5.62. The third-order valence-corrected chi connectivity index (χ3v) is 5.23. The summed E-state index contributed by atoms with van der Waals surface area (Å²) < 4.78 is 0.726. The van der Waals surface area contributed by atoms with Crippen LogP contribution in [0.2, 0.25) is 0 Å². The topological polar surface area (TPSA) is 75.2 Å². The molecular formula is C16H17N4OS+. The molecule has 4 heterocycles. The van der Waals surface area contributed by atoms with Gasteiger partial charge >= 0.3 is 0 Å². The lowest BCUT2D eigenvalue weighted by Gasteiger charge is -2.19. The number of quaternary nitrogens is 1. The molecule has 6 heteroatoms. The second-order valence-electron chi connectivity index (χ2n) is 5.64. The predicted molar refractivity (Wildman–Crippen MR) is 87.1 cm³/mol. The van der Waals surface area contributed by atoms with Crippen LogP contribution in [0.3, 0.4) is 0 Å². The molecule has 0 aromatic carbocycles. The van der Waals surface area contributed by atoms with Gasteiger partial charge in [-0.1, -0.05) is 6.07 Å². The van der Waals surface area contributed by atoms with E-state index in [1.807, 2.05) is 18.2 Å². The summed E-state index contributed by atoms with van der Waals surface area (Å²) in [5, 5.41) is 4.47. The Balaban J connectivity index is 1.86. The van der Waals surface area contributed by atoms with E-state index in [1.165, 1.54) is 16.9 Å². The first-order chi connectivity index (χ1) is 10.8. The summed E-state index contributed by atoms with van der Waals surface area (Å²) in [5.74, 6) is 1.07. The summed E-state index contributed by atoms with van der Waals surface area (Å²) in [6.07, 6.45) is 4.02. The van der Waals surface area contributed by atoms with E-state index in [-0.39, 0.29) is 5.56 Å². The van der Waals surface area contributed by atoms with Gasteiger partial charge in [0, 0.05) is 19.0 Å². The maximum Gasteiger partial charge on any atom is 0.269 e. The molecule has 1 aliphatic rings. The Kier molecular flexibility index (Phi) is 3.48. The number of nitrogens with one attached hydrogen (secondary N) is 1. The van der Waals surface area contributed by atoms with Gasteiger partial charge in [0.1, 0.15) is 10.4 Å². The highest BCUT2D eigenvalue weighted by Crippen LogP contribution is 2.32. The van der Waals surface area contributed by atoms with Crippen molar-refractivity contribution in [3.63, 3.8) is 0 Å². The van der Waals surface area contributed by atoms with Gasteiger partial charge in [-0.15, -0.1) is 11.3 Å². The molecular weight excluding hydrogens is 296 g/mol. The minimum absolute atomic E-state index is 0.0655. The van der Waals surface area contributed by atoms with E-state index in [2.05, 4.69) is 20.7 Å². The van der Waals surface area contributed by atoms with Crippen LogP contribution in [-0.4, -0.2) is 28.0 Å². The largest absolute Gasteiger partial charge is 0.346 e. The molecule has 3 aromatic heterocycles. The van der Waals surface area contributed by atoms with Gasteiger partial charge in [-0.2, -0.15) is 0 Å². The number of piperidine rings is 1. The third-order valence-electron chi connectivity index (χ3n) is 4.24. The fraction of sp³-hybridized carbons (Fsp3) is 0.312. The Hall–Kier alpha value is -2.05. The number of fused-ring (bicyclic) bond motifs is 1. The fourth-order valence-electron chi connectivity index (χ4n) is 3.10. The lowest BCUT2D eigenvalue weighted by molar-refractivity contribution is -0.663. The van der Waals surface area contributed by atoms with Gasteiger partial charge in [-0.3, -0.25) is 9.78 Å². The van der Waals surface area contributed by atoms with Crippen LogP contribution < -0.4 is 10.9 Å². The van der Waals surface area contributed by atoms with E-state index in [1.54, 1.807) is 6.20 Å². The Morgan fingerprint density at radius 2 is 2.14 bits per heavy atom. The number of hydrogen-bond donors (Lipinski definition) is 2. The standard InChI is InChI=1S/C16H16N4OS/c21-16-14-13(11(9-22-14)10-4-7-17-8-5-10)19-15(20-16)12-3-1-2-6-18-12/h1-3,6,9-10,17H,4-5,7-8H2,(H,19,20,21)/p+1. The summed E-state index contributed by atoms with van der Waals surface area (Å²) in [4.78, 5) is 24.2. The van der Waals surface area contributed by atoms with Crippen LogP contribution in [0.4, 0.5) is 0 Å². The van der Waals surface area contributed by atoms with Gasteiger partial charge in [0.05, 0.1) is 18.6 Å². The molecule has 1 saturated heterocycles. The monoisotopic (exact) mass is 313 g/mol. The zero-order valence-electron chi connectivity index (χ0n) is 12.1. The van der Waals surface area contributed by atoms with Gasteiger partial charge in [0.15, 0.2) is 5.82 Å². The number of nitrogens with zero attached hydrogens (tertiary/aromatic N) is 2. The van der Waals surface area contributed by atoms with E-state index in [0.29, 0.717) is 17.4 Å². The number of rotatable bonds is 2.